The molecular formula is C35H31NO5. The maximum Gasteiger partial charge on any atom is 0.290 e. The number of hydrogen-bond acceptors (Lipinski definition) is 5. The molecule has 6 nitrogen and oxygen atoms in total. The Labute approximate surface area is 239 Å². The summed E-state index contributed by atoms with van der Waals surface area (Å²) in [6.45, 7) is 2.85. The van der Waals surface area contributed by atoms with Crippen LogP contribution >= 0.6 is 0 Å². The number of carbonyl (C=O) groups is 2. The summed E-state index contributed by atoms with van der Waals surface area (Å²) < 4.78 is 12.0. The van der Waals surface area contributed by atoms with Crippen LogP contribution in [0, 0.1) is 0 Å². The van der Waals surface area contributed by atoms with Crippen LogP contribution in [0.2, 0.25) is 0 Å². The lowest BCUT2D eigenvalue weighted by Gasteiger charge is -2.27. The average molecular weight is 546 g/mol. The second-order valence-electron chi connectivity index (χ2n) is 9.61. The lowest BCUT2D eigenvalue weighted by Crippen LogP contribution is -2.30. The van der Waals surface area contributed by atoms with Gasteiger partial charge in [0.15, 0.2) is 23.0 Å². The number of aliphatic hydroxyl groups excluding tert-OH is 1. The predicted molar refractivity (Wildman–Crippen MR) is 158 cm³/mol. The molecule has 0 aliphatic carbocycles. The molecule has 0 aromatic heterocycles. The lowest BCUT2D eigenvalue weighted by molar-refractivity contribution is -0.130. The van der Waals surface area contributed by atoms with Crippen molar-refractivity contribution in [3.05, 3.63) is 149 Å². The standard InChI is InChI=1S/C35H31NO5/c1-2-40-31-22-28(19-21-30(31)41-24-27-16-10-5-11-17-27)33-32(29(37)20-18-25-12-6-3-7-13-25)34(38)35(39)36(33)23-26-14-8-4-9-15-26/h3-22,33,38H,2,23-24H2,1H3/b20-18+. The number of allylic oxidation sites excluding steroid dienone is 1. The van der Waals surface area contributed by atoms with Gasteiger partial charge in [-0.25, -0.2) is 0 Å². The molecule has 1 heterocycles. The Hall–Kier alpha value is -5.10. The van der Waals surface area contributed by atoms with Crippen molar-refractivity contribution in [1.82, 2.24) is 4.90 Å². The first-order valence-corrected chi connectivity index (χ1v) is 13.5. The third kappa shape index (κ3) is 6.39. The van der Waals surface area contributed by atoms with Gasteiger partial charge in [-0.3, -0.25) is 9.59 Å². The monoisotopic (exact) mass is 545 g/mol. The van der Waals surface area contributed by atoms with Crippen molar-refractivity contribution in [3.63, 3.8) is 0 Å². The van der Waals surface area contributed by atoms with E-state index < -0.39 is 23.5 Å². The van der Waals surface area contributed by atoms with Crippen molar-refractivity contribution in [2.24, 2.45) is 0 Å². The molecule has 4 aromatic carbocycles. The number of amides is 1. The van der Waals surface area contributed by atoms with Crippen LogP contribution in [0.3, 0.4) is 0 Å². The Morgan fingerprint density at radius 2 is 1.46 bits per heavy atom. The highest BCUT2D eigenvalue weighted by Gasteiger charge is 2.43. The largest absolute Gasteiger partial charge is 0.503 e. The summed E-state index contributed by atoms with van der Waals surface area (Å²) >= 11 is 0. The highest BCUT2D eigenvalue weighted by Crippen LogP contribution is 2.42. The molecule has 41 heavy (non-hydrogen) atoms. The van der Waals surface area contributed by atoms with Gasteiger partial charge in [-0.05, 0) is 47.4 Å². The van der Waals surface area contributed by atoms with Crippen molar-refractivity contribution in [2.75, 3.05) is 6.61 Å². The van der Waals surface area contributed by atoms with Crippen LogP contribution in [0.5, 0.6) is 11.5 Å². The minimum Gasteiger partial charge on any atom is -0.503 e. The molecule has 1 aliphatic heterocycles. The van der Waals surface area contributed by atoms with Gasteiger partial charge >= 0.3 is 0 Å². The van der Waals surface area contributed by atoms with Gasteiger partial charge < -0.3 is 19.5 Å². The van der Waals surface area contributed by atoms with Crippen LogP contribution < -0.4 is 9.47 Å². The Morgan fingerprint density at radius 1 is 0.829 bits per heavy atom. The molecule has 1 aliphatic rings. The lowest BCUT2D eigenvalue weighted by atomic mass is 9.95. The molecule has 1 atom stereocenters. The summed E-state index contributed by atoms with van der Waals surface area (Å²) in [7, 11) is 0. The van der Waals surface area contributed by atoms with E-state index in [1.165, 1.54) is 11.0 Å². The maximum atomic E-state index is 13.6. The molecule has 1 unspecified atom stereocenters. The average Bonchev–Trinajstić information content (AvgIpc) is 3.26. The zero-order valence-electron chi connectivity index (χ0n) is 22.8. The zero-order chi connectivity index (χ0) is 28.6. The van der Waals surface area contributed by atoms with E-state index >= 15 is 0 Å². The van der Waals surface area contributed by atoms with Crippen molar-refractivity contribution >= 4 is 17.8 Å². The fourth-order valence-corrected chi connectivity index (χ4v) is 4.84. The van der Waals surface area contributed by atoms with Gasteiger partial charge in [-0.1, -0.05) is 103 Å². The van der Waals surface area contributed by atoms with Crippen LogP contribution in [-0.2, 0) is 22.7 Å². The summed E-state index contributed by atoms with van der Waals surface area (Å²) in [6.07, 6.45) is 3.07. The van der Waals surface area contributed by atoms with Crippen molar-refractivity contribution in [3.8, 4) is 11.5 Å². The van der Waals surface area contributed by atoms with E-state index in [2.05, 4.69) is 0 Å². The summed E-state index contributed by atoms with van der Waals surface area (Å²) in [4.78, 5) is 28.5. The van der Waals surface area contributed by atoms with E-state index in [4.69, 9.17) is 9.47 Å². The number of rotatable bonds is 11. The highest BCUT2D eigenvalue weighted by atomic mass is 16.5. The van der Waals surface area contributed by atoms with E-state index in [-0.39, 0.29) is 12.1 Å². The van der Waals surface area contributed by atoms with E-state index in [1.54, 1.807) is 18.2 Å². The minimum absolute atomic E-state index is 0.0264. The van der Waals surface area contributed by atoms with E-state index in [1.807, 2.05) is 104 Å². The molecule has 0 fully saturated rings. The number of carbonyl (C=O) groups excluding carboxylic acids is 2. The number of hydrogen-bond donors (Lipinski definition) is 1. The summed E-state index contributed by atoms with van der Waals surface area (Å²) in [5.74, 6) is -0.550. The van der Waals surface area contributed by atoms with Gasteiger partial charge in [0.05, 0.1) is 18.2 Å². The van der Waals surface area contributed by atoms with Crippen molar-refractivity contribution in [2.45, 2.75) is 26.1 Å². The molecule has 0 saturated carbocycles. The van der Waals surface area contributed by atoms with Crippen molar-refractivity contribution < 1.29 is 24.2 Å². The fourth-order valence-electron chi connectivity index (χ4n) is 4.84. The number of nitrogens with zero attached hydrogens (tertiary/aromatic N) is 1. The highest BCUT2D eigenvalue weighted by molar-refractivity contribution is 6.14. The second kappa shape index (κ2) is 12.8. The van der Waals surface area contributed by atoms with Crippen LogP contribution in [0.1, 0.15) is 35.2 Å². The van der Waals surface area contributed by atoms with Gasteiger partial charge in [0, 0.05) is 6.54 Å². The van der Waals surface area contributed by atoms with Crippen LogP contribution in [0.25, 0.3) is 6.08 Å². The third-order valence-electron chi connectivity index (χ3n) is 6.81. The zero-order valence-corrected chi connectivity index (χ0v) is 22.8. The molecule has 0 bridgehead atoms. The van der Waals surface area contributed by atoms with Gasteiger partial charge in [0.25, 0.3) is 5.91 Å². The molecule has 206 valence electrons. The number of aliphatic hydroxyl groups is 1. The van der Waals surface area contributed by atoms with Gasteiger partial charge in [-0.2, -0.15) is 0 Å². The second-order valence-corrected chi connectivity index (χ2v) is 9.61. The minimum atomic E-state index is -0.821. The number of ether oxygens (including phenoxy) is 2. The third-order valence-corrected chi connectivity index (χ3v) is 6.81. The summed E-state index contributed by atoms with van der Waals surface area (Å²) in [5.41, 5.74) is 3.38. The predicted octanol–water partition coefficient (Wildman–Crippen LogP) is 6.84. The first-order chi connectivity index (χ1) is 20.0. The normalized spacial score (nSPS) is 15.0. The van der Waals surface area contributed by atoms with E-state index in [0.29, 0.717) is 30.3 Å². The first-order valence-electron chi connectivity index (χ1n) is 13.5. The van der Waals surface area contributed by atoms with Crippen LogP contribution in [-0.4, -0.2) is 28.3 Å². The molecule has 1 amide bonds. The number of ketones is 1. The summed E-state index contributed by atoms with van der Waals surface area (Å²) in [6, 6.07) is 33.2. The molecule has 4 aromatic rings. The summed E-state index contributed by atoms with van der Waals surface area (Å²) in [5, 5.41) is 11.0. The van der Waals surface area contributed by atoms with Gasteiger partial charge in [-0.15, -0.1) is 0 Å². The number of benzene rings is 4. The molecule has 0 spiro atoms. The Balaban J connectivity index is 1.51. The fraction of sp³-hybridized carbons (Fsp3) is 0.143. The first kappa shape index (κ1) is 27.5. The topological polar surface area (TPSA) is 76.1 Å². The Kier molecular flexibility index (Phi) is 8.60. The smallest absolute Gasteiger partial charge is 0.290 e. The molecular weight excluding hydrogens is 514 g/mol. The quantitative estimate of drug-likeness (QED) is 0.209. The van der Waals surface area contributed by atoms with Gasteiger partial charge in [0.2, 0.25) is 0 Å². The SMILES string of the molecule is CCOc1cc(C2C(C(=O)/C=C/c3ccccc3)=C(O)C(=O)N2Cc2ccccc2)ccc1OCc1ccccc1. The maximum absolute atomic E-state index is 13.6. The Morgan fingerprint density at radius 3 is 2.12 bits per heavy atom. The van der Waals surface area contributed by atoms with Crippen LogP contribution in [0.4, 0.5) is 0 Å². The van der Waals surface area contributed by atoms with Crippen LogP contribution in [0.15, 0.2) is 127 Å². The van der Waals surface area contributed by atoms with Gasteiger partial charge in [0.1, 0.15) is 6.61 Å². The Bertz CT molecular complexity index is 1560. The molecule has 0 saturated heterocycles. The molecule has 1 N–H and O–H groups in total. The van der Waals surface area contributed by atoms with E-state index in [9.17, 15) is 14.7 Å². The molecule has 0 radical (unpaired) electrons. The molecule has 6 heteroatoms. The van der Waals surface area contributed by atoms with E-state index in [0.717, 1.165) is 16.7 Å². The molecule has 5 rings (SSSR count). The van der Waals surface area contributed by atoms with Crippen molar-refractivity contribution in [1.29, 1.82) is 0 Å².